The highest BCUT2D eigenvalue weighted by Crippen LogP contribution is 2.46. The molecule has 0 radical (unpaired) electrons. The molecular formula is C20H19ClF5N5O3. The third kappa shape index (κ3) is 4.17. The molecule has 2 aromatic heterocycles. The largest absolute Gasteiger partial charge is 0.479 e. The lowest BCUT2D eigenvalue weighted by molar-refractivity contribution is -0.276. The van der Waals surface area contributed by atoms with E-state index in [2.05, 4.69) is 19.7 Å². The number of methoxy groups -OCH3 is 2. The fourth-order valence-corrected chi connectivity index (χ4v) is 4.21. The van der Waals surface area contributed by atoms with Crippen LogP contribution in [0.25, 0.3) is 11.0 Å². The molecule has 0 bridgehead atoms. The summed E-state index contributed by atoms with van der Waals surface area (Å²) in [6, 6.07) is 2.20. The molecule has 3 heterocycles. The minimum atomic E-state index is -5.10. The van der Waals surface area contributed by atoms with E-state index in [1.54, 1.807) is 11.8 Å². The number of anilines is 2. The van der Waals surface area contributed by atoms with E-state index in [9.17, 15) is 22.0 Å². The van der Waals surface area contributed by atoms with Gasteiger partial charge in [0.1, 0.15) is 11.3 Å². The highest BCUT2D eigenvalue weighted by molar-refractivity contribution is 6.35. The summed E-state index contributed by atoms with van der Waals surface area (Å²) >= 11 is 6.27. The van der Waals surface area contributed by atoms with Crippen LogP contribution < -0.4 is 14.4 Å². The first-order valence-electron chi connectivity index (χ1n) is 10.00. The van der Waals surface area contributed by atoms with Gasteiger partial charge in [-0.2, -0.15) is 31.9 Å². The van der Waals surface area contributed by atoms with E-state index in [4.69, 9.17) is 21.1 Å². The van der Waals surface area contributed by atoms with Crippen LogP contribution in [0.15, 0.2) is 12.1 Å². The molecule has 4 rings (SSSR count). The Balaban J connectivity index is 1.97. The number of imidazole rings is 1. The molecule has 0 saturated heterocycles. The summed E-state index contributed by atoms with van der Waals surface area (Å²) in [5.41, 5.74) is -0.243. The maximum Gasteiger partial charge on any atom is 0.419 e. The Labute approximate surface area is 195 Å². The lowest BCUT2D eigenvalue weighted by Gasteiger charge is -2.31. The number of hydrogen-bond acceptors (Lipinski definition) is 7. The highest BCUT2D eigenvalue weighted by atomic mass is 35.5. The smallest absolute Gasteiger partial charge is 0.419 e. The molecule has 0 spiro atoms. The number of nitrogens with zero attached hydrogens (tertiary/aromatic N) is 5. The number of halogens is 6. The number of fused-ring (bicyclic) bond motifs is 3. The predicted molar refractivity (Wildman–Crippen MR) is 112 cm³/mol. The summed E-state index contributed by atoms with van der Waals surface area (Å²) in [5, 5.41) is 0.0534. The van der Waals surface area contributed by atoms with Gasteiger partial charge in [-0.15, -0.1) is 0 Å². The van der Waals surface area contributed by atoms with E-state index in [1.165, 1.54) is 24.9 Å². The van der Waals surface area contributed by atoms with E-state index < -0.39 is 24.5 Å². The van der Waals surface area contributed by atoms with Crippen LogP contribution in [0.5, 0.6) is 11.8 Å². The molecule has 1 unspecified atom stereocenters. The summed E-state index contributed by atoms with van der Waals surface area (Å²) in [7, 11) is 2.81. The number of ether oxygens (including phenoxy) is 3. The quantitative estimate of drug-likeness (QED) is 0.425. The van der Waals surface area contributed by atoms with E-state index in [0.29, 0.717) is 24.5 Å². The van der Waals surface area contributed by atoms with Crippen molar-refractivity contribution >= 4 is 34.3 Å². The van der Waals surface area contributed by atoms with E-state index >= 15 is 0 Å². The standard InChI is InChI=1S/C20H19ClF5N5O3/c1-9-27-16(32-2)14(17(28-9)33-3)31-8-4-7-30-13-10(15(20(24,25)26)34-18(22)23)5-6-11(21)12(13)29-19(30)31/h5-6,15,18H,4,7-8H2,1-3H3. The molecule has 34 heavy (non-hydrogen) atoms. The molecule has 1 aliphatic rings. The van der Waals surface area contributed by atoms with Gasteiger partial charge in [0.15, 0.2) is 11.8 Å². The van der Waals surface area contributed by atoms with Crippen molar-refractivity contribution in [3.8, 4) is 11.8 Å². The summed E-state index contributed by atoms with van der Waals surface area (Å²) < 4.78 is 83.3. The van der Waals surface area contributed by atoms with Crippen LogP contribution in [0.3, 0.4) is 0 Å². The lowest BCUT2D eigenvalue weighted by Crippen LogP contribution is -2.30. The Morgan fingerprint density at radius 1 is 1.03 bits per heavy atom. The minimum absolute atomic E-state index is 0.0131. The van der Waals surface area contributed by atoms with Crippen molar-refractivity contribution in [1.82, 2.24) is 19.5 Å². The number of alkyl halides is 5. The third-order valence-corrected chi connectivity index (χ3v) is 5.57. The van der Waals surface area contributed by atoms with Gasteiger partial charge in [-0.05, 0) is 19.4 Å². The summed E-state index contributed by atoms with van der Waals surface area (Å²) in [4.78, 5) is 14.6. The Kier molecular flexibility index (Phi) is 6.42. The van der Waals surface area contributed by atoms with Gasteiger partial charge in [0.2, 0.25) is 17.7 Å². The molecule has 3 aromatic rings. The van der Waals surface area contributed by atoms with Crippen molar-refractivity contribution in [2.75, 3.05) is 25.7 Å². The van der Waals surface area contributed by atoms with Crippen molar-refractivity contribution < 1.29 is 36.2 Å². The van der Waals surface area contributed by atoms with Crippen molar-refractivity contribution in [2.45, 2.75) is 38.8 Å². The molecule has 1 aromatic carbocycles. The maximum atomic E-state index is 13.7. The third-order valence-electron chi connectivity index (χ3n) is 5.27. The van der Waals surface area contributed by atoms with Gasteiger partial charge in [0, 0.05) is 18.7 Å². The maximum absolute atomic E-state index is 13.7. The van der Waals surface area contributed by atoms with Crippen LogP contribution in [0, 0.1) is 6.92 Å². The second kappa shape index (κ2) is 9.02. The molecule has 8 nitrogen and oxygen atoms in total. The molecule has 0 fully saturated rings. The zero-order chi connectivity index (χ0) is 24.8. The van der Waals surface area contributed by atoms with E-state index in [1.807, 2.05) is 0 Å². The molecule has 0 aliphatic carbocycles. The minimum Gasteiger partial charge on any atom is -0.479 e. The van der Waals surface area contributed by atoms with Gasteiger partial charge < -0.3 is 23.7 Å². The predicted octanol–water partition coefficient (Wildman–Crippen LogP) is 5.19. The zero-order valence-corrected chi connectivity index (χ0v) is 18.9. The first-order valence-corrected chi connectivity index (χ1v) is 10.4. The zero-order valence-electron chi connectivity index (χ0n) is 18.2. The van der Waals surface area contributed by atoms with E-state index in [0.717, 1.165) is 6.07 Å². The summed E-state index contributed by atoms with van der Waals surface area (Å²) in [5.74, 6) is 0.929. The van der Waals surface area contributed by atoms with Gasteiger partial charge in [0.25, 0.3) is 0 Å². The second-order valence-electron chi connectivity index (χ2n) is 7.36. The van der Waals surface area contributed by atoms with Crippen LogP contribution >= 0.6 is 11.6 Å². The second-order valence-corrected chi connectivity index (χ2v) is 7.77. The van der Waals surface area contributed by atoms with Gasteiger partial charge >= 0.3 is 12.8 Å². The van der Waals surface area contributed by atoms with Gasteiger partial charge in [0.05, 0.1) is 24.8 Å². The molecule has 1 aliphatic heterocycles. The Bertz CT molecular complexity index is 1190. The normalized spacial score (nSPS) is 15.1. The molecular weight excluding hydrogens is 489 g/mol. The fourth-order valence-electron chi connectivity index (χ4n) is 4.01. The number of benzene rings is 1. The fraction of sp³-hybridized carbons (Fsp3) is 0.450. The Morgan fingerprint density at radius 3 is 2.24 bits per heavy atom. The molecule has 1 atom stereocenters. The number of aryl methyl sites for hydroxylation is 2. The Hall–Kier alpha value is -2.93. The summed E-state index contributed by atoms with van der Waals surface area (Å²) in [6.07, 6.45) is -7.51. The van der Waals surface area contributed by atoms with Crippen molar-refractivity contribution in [3.63, 3.8) is 0 Å². The first-order chi connectivity index (χ1) is 16.1. The Morgan fingerprint density at radius 2 is 1.68 bits per heavy atom. The van der Waals surface area contributed by atoms with Crippen molar-refractivity contribution in [2.24, 2.45) is 0 Å². The number of hydrogen-bond donors (Lipinski definition) is 0. The lowest BCUT2D eigenvalue weighted by atomic mass is 10.1. The number of aromatic nitrogens is 4. The molecule has 14 heteroatoms. The van der Waals surface area contributed by atoms with Gasteiger partial charge in [-0.3, -0.25) is 0 Å². The topological polar surface area (TPSA) is 74.5 Å². The van der Waals surface area contributed by atoms with Crippen LogP contribution in [0.1, 0.15) is 23.9 Å². The summed E-state index contributed by atoms with van der Waals surface area (Å²) in [6.45, 7) is -1.36. The molecule has 0 saturated carbocycles. The average Bonchev–Trinajstić information content (AvgIpc) is 3.17. The first kappa shape index (κ1) is 24.2. The number of rotatable bonds is 6. The van der Waals surface area contributed by atoms with Gasteiger partial charge in [-0.1, -0.05) is 17.7 Å². The average molecular weight is 508 g/mol. The molecule has 0 amide bonds. The van der Waals surface area contributed by atoms with Crippen molar-refractivity contribution in [1.29, 1.82) is 0 Å². The van der Waals surface area contributed by atoms with Crippen LogP contribution in [0.2, 0.25) is 5.02 Å². The van der Waals surface area contributed by atoms with Crippen LogP contribution in [-0.4, -0.2) is 53.1 Å². The molecule has 0 N–H and O–H groups in total. The van der Waals surface area contributed by atoms with Crippen molar-refractivity contribution in [3.05, 3.63) is 28.5 Å². The van der Waals surface area contributed by atoms with E-state index in [-0.39, 0.29) is 40.3 Å². The van der Waals surface area contributed by atoms with Gasteiger partial charge in [-0.25, -0.2) is 4.98 Å². The van der Waals surface area contributed by atoms with Crippen LogP contribution in [-0.2, 0) is 11.3 Å². The SMILES string of the molecule is COc1nc(C)nc(OC)c1N1CCCn2c1nc1c(Cl)ccc(C(OC(F)F)C(F)(F)F)c12. The van der Waals surface area contributed by atoms with Crippen LogP contribution in [0.4, 0.5) is 33.6 Å². The highest BCUT2D eigenvalue weighted by Gasteiger charge is 2.45. The molecule has 184 valence electrons. The monoisotopic (exact) mass is 507 g/mol.